The Morgan fingerprint density at radius 2 is 2.05 bits per heavy atom. The first-order chi connectivity index (χ1) is 9.56. The Labute approximate surface area is 126 Å². The predicted molar refractivity (Wildman–Crippen MR) is 83.0 cm³/mol. The summed E-state index contributed by atoms with van der Waals surface area (Å²) < 4.78 is 0. The van der Waals surface area contributed by atoms with Gasteiger partial charge in [0.2, 0.25) is 5.91 Å². The molecule has 0 aliphatic carbocycles. The van der Waals surface area contributed by atoms with Crippen LogP contribution in [0.4, 0.5) is 0 Å². The van der Waals surface area contributed by atoms with E-state index in [1.165, 1.54) is 5.56 Å². The van der Waals surface area contributed by atoms with Crippen molar-refractivity contribution in [1.82, 2.24) is 10.2 Å². The largest absolute Gasteiger partial charge is 0.341 e. The highest BCUT2D eigenvalue weighted by molar-refractivity contribution is 6.30. The fraction of sp³-hybridized carbons (Fsp3) is 0.562. The Hall–Kier alpha value is -1.06. The maximum atomic E-state index is 12.4. The van der Waals surface area contributed by atoms with Crippen molar-refractivity contribution in [3.63, 3.8) is 0 Å². The van der Waals surface area contributed by atoms with E-state index < -0.39 is 0 Å². The van der Waals surface area contributed by atoms with Crippen molar-refractivity contribution in [2.75, 3.05) is 13.1 Å². The minimum atomic E-state index is -0.00559. The summed E-state index contributed by atoms with van der Waals surface area (Å²) in [6.45, 7) is 5.83. The number of hydrogen-bond donors (Lipinski definition) is 1. The zero-order valence-electron chi connectivity index (χ0n) is 12.2. The Morgan fingerprint density at radius 3 is 2.70 bits per heavy atom. The molecule has 3 nitrogen and oxygen atoms in total. The van der Waals surface area contributed by atoms with Crippen LogP contribution in [0.15, 0.2) is 24.3 Å². The van der Waals surface area contributed by atoms with E-state index in [1.807, 2.05) is 29.2 Å². The van der Waals surface area contributed by atoms with E-state index in [1.54, 1.807) is 0 Å². The molecule has 1 aliphatic heterocycles. The number of likely N-dealkylation sites (tertiary alicyclic amines) is 1. The lowest BCUT2D eigenvalue weighted by Crippen LogP contribution is -2.52. The summed E-state index contributed by atoms with van der Waals surface area (Å²) in [5.74, 6) is 0.249. The number of nitrogens with one attached hydrogen (secondary N) is 1. The molecule has 1 heterocycles. The van der Waals surface area contributed by atoms with Crippen molar-refractivity contribution in [3.8, 4) is 0 Å². The zero-order valence-corrected chi connectivity index (χ0v) is 13.0. The summed E-state index contributed by atoms with van der Waals surface area (Å²) in [5, 5.41) is 4.11. The van der Waals surface area contributed by atoms with E-state index >= 15 is 0 Å². The number of halogens is 1. The van der Waals surface area contributed by atoms with Crippen LogP contribution in [0.5, 0.6) is 0 Å². The number of nitrogens with zero attached hydrogens (tertiary/aromatic N) is 1. The molecule has 1 unspecified atom stereocenters. The van der Waals surface area contributed by atoms with Crippen LogP contribution in [-0.4, -0.2) is 36.0 Å². The van der Waals surface area contributed by atoms with Gasteiger partial charge in [0.05, 0.1) is 6.04 Å². The first kappa shape index (κ1) is 15.3. The van der Waals surface area contributed by atoms with Gasteiger partial charge in [0.1, 0.15) is 0 Å². The summed E-state index contributed by atoms with van der Waals surface area (Å²) in [5.41, 5.74) is 1.22. The van der Waals surface area contributed by atoms with Gasteiger partial charge in [0, 0.05) is 24.2 Å². The SMILES string of the molecule is CC(C)NC1CCCN(CCc2ccc(Cl)cc2)C1=O. The average Bonchev–Trinajstić information content (AvgIpc) is 2.41. The molecule has 1 aromatic carbocycles. The van der Waals surface area contributed by atoms with Crippen molar-refractivity contribution in [2.24, 2.45) is 0 Å². The molecule has 1 aromatic rings. The third kappa shape index (κ3) is 4.22. The molecular formula is C16H23ClN2O. The molecule has 1 fully saturated rings. The third-order valence-electron chi connectivity index (χ3n) is 3.65. The van der Waals surface area contributed by atoms with Gasteiger partial charge >= 0.3 is 0 Å². The minimum Gasteiger partial charge on any atom is -0.341 e. The molecular weight excluding hydrogens is 272 g/mol. The fourth-order valence-corrected chi connectivity index (χ4v) is 2.76. The summed E-state index contributed by atoms with van der Waals surface area (Å²) in [6, 6.07) is 8.20. The molecule has 0 aromatic heterocycles. The number of piperidine rings is 1. The van der Waals surface area contributed by atoms with Crippen molar-refractivity contribution in [3.05, 3.63) is 34.9 Å². The smallest absolute Gasteiger partial charge is 0.239 e. The van der Waals surface area contributed by atoms with Crippen molar-refractivity contribution < 1.29 is 4.79 Å². The average molecular weight is 295 g/mol. The highest BCUT2D eigenvalue weighted by Gasteiger charge is 2.28. The van der Waals surface area contributed by atoms with E-state index in [0.717, 1.165) is 37.4 Å². The normalized spacial score (nSPS) is 19.7. The maximum absolute atomic E-state index is 12.4. The monoisotopic (exact) mass is 294 g/mol. The van der Waals surface area contributed by atoms with Gasteiger partial charge in [-0.1, -0.05) is 37.6 Å². The van der Waals surface area contributed by atoms with Crippen molar-refractivity contribution >= 4 is 17.5 Å². The van der Waals surface area contributed by atoms with Crippen LogP contribution in [0.3, 0.4) is 0 Å². The molecule has 1 saturated heterocycles. The quantitative estimate of drug-likeness (QED) is 0.906. The molecule has 1 aliphatic rings. The van der Waals surface area contributed by atoms with Crippen molar-refractivity contribution in [1.29, 1.82) is 0 Å². The fourth-order valence-electron chi connectivity index (χ4n) is 2.63. The second kappa shape index (κ2) is 7.09. The van der Waals surface area contributed by atoms with Crippen LogP contribution in [0, 0.1) is 0 Å². The number of carbonyl (C=O) groups is 1. The Balaban J connectivity index is 1.88. The van der Waals surface area contributed by atoms with Crippen LogP contribution < -0.4 is 5.32 Å². The van der Waals surface area contributed by atoms with E-state index in [0.29, 0.717) is 6.04 Å². The minimum absolute atomic E-state index is 0.00559. The topological polar surface area (TPSA) is 32.3 Å². The lowest BCUT2D eigenvalue weighted by Gasteiger charge is -2.33. The van der Waals surface area contributed by atoms with E-state index in [2.05, 4.69) is 19.2 Å². The van der Waals surface area contributed by atoms with Crippen molar-refractivity contribution in [2.45, 2.75) is 45.2 Å². The molecule has 0 radical (unpaired) electrons. The van der Waals surface area contributed by atoms with Gasteiger partial charge in [-0.3, -0.25) is 4.79 Å². The maximum Gasteiger partial charge on any atom is 0.239 e. The number of carbonyl (C=O) groups excluding carboxylic acids is 1. The summed E-state index contributed by atoms with van der Waals surface area (Å²) in [4.78, 5) is 14.4. The van der Waals surface area contributed by atoms with Crippen LogP contribution >= 0.6 is 11.6 Å². The molecule has 0 bridgehead atoms. The Morgan fingerprint density at radius 1 is 1.35 bits per heavy atom. The molecule has 20 heavy (non-hydrogen) atoms. The van der Waals surface area contributed by atoms with Crippen LogP contribution in [0.2, 0.25) is 5.02 Å². The molecule has 1 N–H and O–H groups in total. The second-order valence-electron chi connectivity index (χ2n) is 5.72. The lowest BCUT2D eigenvalue weighted by atomic mass is 10.0. The zero-order chi connectivity index (χ0) is 14.5. The number of hydrogen-bond acceptors (Lipinski definition) is 2. The highest BCUT2D eigenvalue weighted by atomic mass is 35.5. The summed E-state index contributed by atoms with van der Waals surface area (Å²) in [7, 11) is 0. The lowest BCUT2D eigenvalue weighted by molar-refractivity contribution is -0.136. The second-order valence-corrected chi connectivity index (χ2v) is 6.15. The highest BCUT2D eigenvalue weighted by Crippen LogP contribution is 2.15. The van der Waals surface area contributed by atoms with E-state index in [-0.39, 0.29) is 11.9 Å². The number of benzene rings is 1. The number of amides is 1. The summed E-state index contributed by atoms with van der Waals surface area (Å²) >= 11 is 5.88. The van der Waals surface area contributed by atoms with Gasteiger partial charge in [0.15, 0.2) is 0 Å². The van der Waals surface area contributed by atoms with Crippen LogP contribution in [-0.2, 0) is 11.2 Å². The van der Waals surface area contributed by atoms with Crippen LogP contribution in [0.1, 0.15) is 32.3 Å². The first-order valence-electron chi connectivity index (χ1n) is 7.35. The van der Waals surface area contributed by atoms with Gasteiger partial charge in [-0.15, -0.1) is 0 Å². The Kier molecular flexibility index (Phi) is 5.44. The molecule has 0 saturated carbocycles. The van der Waals surface area contributed by atoms with Crippen LogP contribution in [0.25, 0.3) is 0 Å². The predicted octanol–water partition coefficient (Wildman–Crippen LogP) is 2.87. The molecule has 2 rings (SSSR count). The molecule has 1 atom stereocenters. The first-order valence-corrected chi connectivity index (χ1v) is 7.73. The van der Waals surface area contributed by atoms with Gasteiger partial charge in [-0.05, 0) is 37.0 Å². The van der Waals surface area contributed by atoms with E-state index in [4.69, 9.17) is 11.6 Å². The van der Waals surface area contributed by atoms with Gasteiger partial charge in [-0.25, -0.2) is 0 Å². The van der Waals surface area contributed by atoms with Gasteiger partial charge in [0.25, 0.3) is 0 Å². The van der Waals surface area contributed by atoms with Gasteiger partial charge < -0.3 is 10.2 Å². The van der Waals surface area contributed by atoms with E-state index in [9.17, 15) is 4.79 Å². The van der Waals surface area contributed by atoms with Gasteiger partial charge in [-0.2, -0.15) is 0 Å². The number of rotatable bonds is 5. The molecule has 0 spiro atoms. The Bertz CT molecular complexity index is 444. The molecule has 110 valence electrons. The molecule has 1 amide bonds. The molecule has 4 heteroatoms. The standard InChI is InChI=1S/C16H23ClN2O/c1-12(2)18-15-4-3-10-19(16(15)20)11-9-13-5-7-14(17)8-6-13/h5-8,12,15,18H,3-4,9-11H2,1-2H3. The third-order valence-corrected chi connectivity index (χ3v) is 3.90. The summed E-state index contributed by atoms with van der Waals surface area (Å²) in [6.07, 6.45) is 2.92.